The van der Waals surface area contributed by atoms with Crippen molar-refractivity contribution >= 4 is 5.91 Å². The van der Waals surface area contributed by atoms with E-state index in [-0.39, 0.29) is 11.8 Å². The zero-order valence-electron chi connectivity index (χ0n) is 10.7. The zero-order chi connectivity index (χ0) is 13.7. The van der Waals surface area contributed by atoms with Crippen LogP contribution < -0.4 is 11.1 Å². The first-order valence-electron chi connectivity index (χ1n) is 6.02. The first-order valence-corrected chi connectivity index (χ1v) is 6.02. The van der Waals surface area contributed by atoms with E-state index >= 15 is 0 Å². The average Bonchev–Trinajstić information content (AvgIpc) is 2.98. The van der Waals surface area contributed by atoms with Crippen LogP contribution in [0.3, 0.4) is 0 Å². The minimum absolute atomic E-state index is 0.129. The van der Waals surface area contributed by atoms with E-state index in [0.717, 1.165) is 5.69 Å². The molecule has 0 aliphatic heterocycles. The summed E-state index contributed by atoms with van der Waals surface area (Å²) in [4.78, 5) is 12.0. The van der Waals surface area contributed by atoms with Gasteiger partial charge in [-0.15, -0.1) is 5.10 Å². The van der Waals surface area contributed by atoms with Crippen molar-refractivity contribution in [2.75, 3.05) is 13.1 Å². The van der Waals surface area contributed by atoms with E-state index in [1.165, 1.54) is 11.0 Å². The number of tetrazole rings is 1. The van der Waals surface area contributed by atoms with Crippen molar-refractivity contribution in [1.29, 1.82) is 0 Å². The highest BCUT2D eigenvalue weighted by Gasteiger charge is 2.08. The third kappa shape index (κ3) is 3.35. The van der Waals surface area contributed by atoms with Crippen molar-refractivity contribution < 1.29 is 4.79 Å². The average molecular weight is 260 g/mol. The predicted octanol–water partition coefficient (Wildman–Crippen LogP) is -0.0131. The van der Waals surface area contributed by atoms with Crippen LogP contribution in [0.25, 0.3) is 5.69 Å². The SMILES string of the molecule is CC(CN)CNC(=O)c1cccc(-n2cnnn2)c1. The number of aromatic nitrogens is 4. The van der Waals surface area contributed by atoms with Crippen LogP contribution in [0.4, 0.5) is 0 Å². The summed E-state index contributed by atoms with van der Waals surface area (Å²) in [5, 5.41) is 13.7. The number of nitrogens with one attached hydrogen (secondary N) is 1. The number of benzene rings is 1. The van der Waals surface area contributed by atoms with Gasteiger partial charge in [0, 0.05) is 12.1 Å². The van der Waals surface area contributed by atoms with Gasteiger partial charge in [-0.1, -0.05) is 13.0 Å². The van der Waals surface area contributed by atoms with E-state index < -0.39 is 0 Å². The molecule has 1 aromatic heterocycles. The number of carbonyl (C=O) groups excluding carboxylic acids is 1. The van der Waals surface area contributed by atoms with E-state index in [2.05, 4.69) is 20.8 Å². The van der Waals surface area contributed by atoms with Crippen molar-refractivity contribution in [3.63, 3.8) is 0 Å². The Morgan fingerprint density at radius 2 is 2.37 bits per heavy atom. The van der Waals surface area contributed by atoms with Crippen molar-refractivity contribution in [2.45, 2.75) is 6.92 Å². The quantitative estimate of drug-likeness (QED) is 0.787. The van der Waals surface area contributed by atoms with Crippen LogP contribution in [0.5, 0.6) is 0 Å². The Bertz CT molecular complexity index is 539. The van der Waals surface area contributed by atoms with Crippen LogP contribution in [-0.2, 0) is 0 Å². The number of carbonyl (C=O) groups is 1. The van der Waals surface area contributed by atoms with Gasteiger partial charge in [-0.05, 0) is 41.1 Å². The highest BCUT2D eigenvalue weighted by molar-refractivity contribution is 5.94. The lowest BCUT2D eigenvalue weighted by Gasteiger charge is -2.10. The maximum atomic E-state index is 12.0. The normalized spacial score (nSPS) is 12.1. The molecule has 0 bridgehead atoms. The zero-order valence-corrected chi connectivity index (χ0v) is 10.7. The fourth-order valence-corrected chi connectivity index (χ4v) is 1.52. The number of hydrogen-bond acceptors (Lipinski definition) is 5. The van der Waals surface area contributed by atoms with Crippen molar-refractivity contribution in [3.8, 4) is 5.69 Å². The van der Waals surface area contributed by atoms with Gasteiger partial charge in [-0.25, -0.2) is 4.68 Å². The molecule has 0 saturated carbocycles. The molecular formula is C12H16N6O. The summed E-state index contributed by atoms with van der Waals surface area (Å²) in [7, 11) is 0. The summed E-state index contributed by atoms with van der Waals surface area (Å²) >= 11 is 0. The van der Waals surface area contributed by atoms with Gasteiger partial charge in [0.1, 0.15) is 6.33 Å². The lowest BCUT2D eigenvalue weighted by Crippen LogP contribution is -2.31. The first-order chi connectivity index (χ1) is 9.20. The largest absolute Gasteiger partial charge is 0.352 e. The molecule has 1 aromatic carbocycles. The lowest BCUT2D eigenvalue weighted by atomic mass is 10.1. The Hall–Kier alpha value is -2.28. The minimum atomic E-state index is -0.129. The van der Waals surface area contributed by atoms with Gasteiger partial charge in [0.2, 0.25) is 0 Å². The van der Waals surface area contributed by atoms with E-state index in [1.807, 2.05) is 13.0 Å². The number of hydrogen-bond donors (Lipinski definition) is 2. The van der Waals surface area contributed by atoms with Crippen molar-refractivity contribution in [1.82, 2.24) is 25.5 Å². The Labute approximate surface area is 110 Å². The Balaban J connectivity index is 2.08. The van der Waals surface area contributed by atoms with Crippen molar-refractivity contribution in [3.05, 3.63) is 36.2 Å². The van der Waals surface area contributed by atoms with Gasteiger partial charge >= 0.3 is 0 Å². The number of nitrogens with zero attached hydrogens (tertiary/aromatic N) is 4. The molecule has 2 aromatic rings. The molecule has 1 unspecified atom stereocenters. The van der Waals surface area contributed by atoms with Crippen LogP contribution in [0.1, 0.15) is 17.3 Å². The van der Waals surface area contributed by atoms with Gasteiger partial charge < -0.3 is 11.1 Å². The van der Waals surface area contributed by atoms with Crippen LogP contribution >= 0.6 is 0 Å². The fraction of sp³-hybridized carbons (Fsp3) is 0.333. The minimum Gasteiger partial charge on any atom is -0.352 e. The van der Waals surface area contributed by atoms with E-state index in [4.69, 9.17) is 5.73 Å². The highest BCUT2D eigenvalue weighted by atomic mass is 16.1. The molecule has 0 aliphatic carbocycles. The Morgan fingerprint density at radius 1 is 1.53 bits per heavy atom. The fourth-order valence-electron chi connectivity index (χ4n) is 1.52. The molecule has 7 heteroatoms. The van der Waals surface area contributed by atoms with Crippen molar-refractivity contribution in [2.24, 2.45) is 11.7 Å². The first kappa shape index (κ1) is 13.2. The van der Waals surface area contributed by atoms with Gasteiger partial charge in [-0.2, -0.15) is 0 Å². The lowest BCUT2D eigenvalue weighted by molar-refractivity contribution is 0.0948. The maximum Gasteiger partial charge on any atom is 0.251 e. The molecule has 100 valence electrons. The Morgan fingerprint density at radius 3 is 3.05 bits per heavy atom. The van der Waals surface area contributed by atoms with E-state index in [9.17, 15) is 4.79 Å². The molecule has 1 heterocycles. The number of nitrogens with two attached hydrogens (primary N) is 1. The molecule has 0 spiro atoms. The predicted molar refractivity (Wildman–Crippen MR) is 69.7 cm³/mol. The van der Waals surface area contributed by atoms with Crippen LogP contribution in [0.2, 0.25) is 0 Å². The van der Waals surface area contributed by atoms with Gasteiger partial charge in [0.25, 0.3) is 5.91 Å². The molecule has 0 aliphatic rings. The van der Waals surface area contributed by atoms with Gasteiger partial charge in [0.15, 0.2) is 0 Å². The second-order valence-corrected chi connectivity index (χ2v) is 4.36. The third-order valence-corrected chi connectivity index (χ3v) is 2.74. The summed E-state index contributed by atoms with van der Waals surface area (Å²) in [6.45, 7) is 3.09. The Kier molecular flexibility index (Phi) is 4.19. The summed E-state index contributed by atoms with van der Waals surface area (Å²) in [6, 6.07) is 7.10. The summed E-state index contributed by atoms with van der Waals surface area (Å²) < 4.78 is 1.50. The molecule has 19 heavy (non-hydrogen) atoms. The standard InChI is InChI=1S/C12H16N6O/c1-9(6-13)7-14-12(19)10-3-2-4-11(5-10)18-8-15-16-17-18/h2-5,8-9H,6-7,13H2,1H3,(H,14,19). The smallest absolute Gasteiger partial charge is 0.251 e. The molecule has 0 saturated heterocycles. The van der Waals surface area contributed by atoms with E-state index in [0.29, 0.717) is 18.7 Å². The number of amides is 1. The summed E-state index contributed by atoms with van der Waals surface area (Å²) in [5.41, 5.74) is 6.82. The van der Waals surface area contributed by atoms with Crippen LogP contribution in [0, 0.1) is 5.92 Å². The second kappa shape index (κ2) is 6.05. The van der Waals surface area contributed by atoms with Gasteiger partial charge in [0.05, 0.1) is 5.69 Å². The van der Waals surface area contributed by atoms with Gasteiger partial charge in [-0.3, -0.25) is 4.79 Å². The van der Waals surface area contributed by atoms with Crippen LogP contribution in [-0.4, -0.2) is 39.2 Å². The number of rotatable bonds is 5. The topological polar surface area (TPSA) is 98.7 Å². The molecular weight excluding hydrogens is 244 g/mol. The monoisotopic (exact) mass is 260 g/mol. The molecule has 3 N–H and O–H groups in total. The maximum absolute atomic E-state index is 12.0. The second-order valence-electron chi connectivity index (χ2n) is 4.36. The highest BCUT2D eigenvalue weighted by Crippen LogP contribution is 2.08. The van der Waals surface area contributed by atoms with Crippen LogP contribution in [0.15, 0.2) is 30.6 Å². The summed E-state index contributed by atoms with van der Waals surface area (Å²) in [6.07, 6.45) is 1.48. The third-order valence-electron chi connectivity index (χ3n) is 2.74. The molecule has 1 amide bonds. The molecule has 1 atom stereocenters. The summed E-state index contributed by atoms with van der Waals surface area (Å²) in [5.74, 6) is 0.127. The van der Waals surface area contributed by atoms with E-state index in [1.54, 1.807) is 18.2 Å². The molecule has 7 nitrogen and oxygen atoms in total. The molecule has 2 rings (SSSR count). The molecule has 0 radical (unpaired) electrons. The molecule has 0 fully saturated rings.